The van der Waals surface area contributed by atoms with Gasteiger partial charge in [-0.05, 0) is 62.4 Å². The molecule has 0 bridgehead atoms. The molecule has 0 N–H and O–H groups in total. The molecule has 0 aliphatic carbocycles. The van der Waals surface area contributed by atoms with Crippen molar-refractivity contribution in [1.29, 1.82) is 0 Å². The van der Waals surface area contributed by atoms with E-state index in [-0.39, 0.29) is 46.3 Å². The zero-order valence-electron chi connectivity index (χ0n) is 37.9. The molecule has 2 aliphatic heterocycles. The number of benzene rings is 4. The standard InChI is InChI=1S/2C23H21ClF3N3O5/c2*1-4-34-18(31)11-17-21-28-29-22(23(25,26)27)30(21)15-9-8-12(24)10-14(15)19(35-17)13-6-5-7-16(32-2)20(13)33-3/h2*5-10,17,19H,4,11H2,1-3H3/t2*17-,19-/m10/s1. The highest BCUT2D eigenvalue weighted by atomic mass is 35.5. The van der Waals surface area contributed by atoms with E-state index in [0.717, 1.165) is 9.13 Å². The maximum Gasteiger partial charge on any atom is 0.452 e. The van der Waals surface area contributed by atoms with Crippen molar-refractivity contribution in [3.8, 4) is 34.4 Å². The van der Waals surface area contributed by atoms with Gasteiger partial charge in [0.2, 0.25) is 11.6 Å². The third kappa shape index (κ3) is 10.3. The average Bonchev–Trinajstić information content (AvgIpc) is 3.93. The maximum absolute atomic E-state index is 13.9. The molecule has 4 atom stereocenters. The van der Waals surface area contributed by atoms with Crippen LogP contribution in [0.3, 0.4) is 0 Å². The third-order valence-corrected chi connectivity index (χ3v) is 11.3. The summed E-state index contributed by atoms with van der Waals surface area (Å²) in [5.41, 5.74) is 1.70. The number of esters is 2. The monoisotopic (exact) mass is 1020 g/mol. The summed E-state index contributed by atoms with van der Waals surface area (Å²) in [7, 11) is 5.79. The topological polar surface area (TPSA) is 169 Å². The Morgan fingerprint density at radius 2 is 0.957 bits per heavy atom. The Hall–Kier alpha value is -6.62. The Bertz CT molecular complexity index is 2690. The van der Waals surface area contributed by atoms with Crippen molar-refractivity contribution >= 4 is 35.1 Å². The molecule has 8 rings (SSSR count). The van der Waals surface area contributed by atoms with Gasteiger partial charge in [-0.1, -0.05) is 47.5 Å². The van der Waals surface area contributed by atoms with Crippen LogP contribution in [0.2, 0.25) is 10.0 Å². The van der Waals surface area contributed by atoms with Gasteiger partial charge in [-0.2, -0.15) is 26.3 Å². The molecule has 2 aliphatic rings. The van der Waals surface area contributed by atoms with Crippen LogP contribution in [0, 0.1) is 0 Å². The highest BCUT2D eigenvalue weighted by molar-refractivity contribution is 6.31. The minimum Gasteiger partial charge on any atom is -0.493 e. The van der Waals surface area contributed by atoms with Crippen LogP contribution in [0.25, 0.3) is 11.4 Å². The molecule has 70 heavy (non-hydrogen) atoms. The molecule has 24 heteroatoms. The van der Waals surface area contributed by atoms with Gasteiger partial charge in [0.15, 0.2) is 34.6 Å². The Balaban J connectivity index is 0.000000206. The molecule has 6 aromatic rings. The number of hydrogen-bond acceptors (Lipinski definition) is 14. The summed E-state index contributed by atoms with van der Waals surface area (Å²) in [5.74, 6) is -2.83. The second-order valence-electron chi connectivity index (χ2n) is 15.0. The molecule has 4 heterocycles. The van der Waals surface area contributed by atoms with Gasteiger partial charge in [0.25, 0.3) is 0 Å². The van der Waals surface area contributed by atoms with Gasteiger partial charge in [-0.15, -0.1) is 20.4 Å². The number of carbonyl (C=O) groups excluding carboxylic acids is 2. The Morgan fingerprint density at radius 1 is 0.571 bits per heavy atom. The number of ether oxygens (including phenoxy) is 8. The number of fused-ring (bicyclic) bond motifs is 6. The molecule has 4 aromatic carbocycles. The minimum atomic E-state index is -4.83. The SMILES string of the molecule is CCOC(=O)C[C@@H]1O[C@@H](c2cccc(OC)c2OC)c2cc(Cl)ccc2-n2c1nnc2C(F)(F)F.CCOC(=O)C[C@H]1O[C@H](c2cccc(OC)c2OC)c2cc(Cl)ccc2-n2c1nnc2C(F)(F)F. The Morgan fingerprint density at radius 3 is 1.29 bits per heavy atom. The predicted molar refractivity (Wildman–Crippen MR) is 236 cm³/mol. The van der Waals surface area contributed by atoms with E-state index < -0.39 is 73.2 Å². The van der Waals surface area contributed by atoms with E-state index >= 15 is 0 Å². The highest BCUT2D eigenvalue weighted by Gasteiger charge is 2.46. The first-order chi connectivity index (χ1) is 33.4. The summed E-state index contributed by atoms with van der Waals surface area (Å²) >= 11 is 12.5. The lowest BCUT2D eigenvalue weighted by molar-refractivity contribution is -0.149. The van der Waals surface area contributed by atoms with Gasteiger partial charge < -0.3 is 37.9 Å². The number of para-hydroxylation sites is 2. The van der Waals surface area contributed by atoms with Crippen molar-refractivity contribution in [3.63, 3.8) is 0 Å². The molecular formula is C46H42Cl2F6N6O10. The number of methoxy groups -OCH3 is 4. The summed E-state index contributed by atoms with van der Waals surface area (Å²) in [6, 6.07) is 18.9. The highest BCUT2D eigenvalue weighted by Crippen LogP contribution is 2.49. The second-order valence-corrected chi connectivity index (χ2v) is 15.9. The summed E-state index contributed by atoms with van der Waals surface area (Å²) in [4.78, 5) is 24.8. The van der Waals surface area contributed by atoms with E-state index in [1.807, 2.05) is 0 Å². The predicted octanol–water partition coefficient (Wildman–Crippen LogP) is 10.1. The lowest BCUT2D eigenvalue weighted by atomic mass is 9.98. The largest absolute Gasteiger partial charge is 0.493 e. The fourth-order valence-electron chi connectivity index (χ4n) is 8.07. The third-order valence-electron chi connectivity index (χ3n) is 10.8. The average molecular weight is 1020 g/mol. The van der Waals surface area contributed by atoms with E-state index in [1.165, 1.54) is 64.8 Å². The van der Waals surface area contributed by atoms with Crippen LogP contribution in [-0.2, 0) is 40.9 Å². The first-order valence-electron chi connectivity index (χ1n) is 21.1. The summed E-state index contributed by atoms with van der Waals surface area (Å²) in [5, 5.41) is 14.8. The van der Waals surface area contributed by atoms with Crippen LogP contribution >= 0.6 is 23.2 Å². The molecule has 372 valence electrons. The van der Waals surface area contributed by atoms with E-state index in [9.17, 15) is 35.9 Å². The fourth-order valence-corrected chi connectivity index (χ4v) is 8.43. The molecule has 0 fully saturated rings. The zero-order chi connectivity index (χ0) is 50.7. The minimum absolute atomic E-state index is 0.0923. The Kier molecular flexibility index (Phi) is 15.5. The van der Waals surface area contributed by atoms with E-state index in [0.29, 0.717) is 45.3 Å². The fraction of sp³-hybridized carbons (Fsp3) is 0.348. The van der Waals surface area contributed by atoms with Crippen LogP contribution in [-0.4, -0.2) is 83.1 Å². The van der Waals surface area contributed by atoms with Gasteiger partial charge in [0, 0.05) is 32.3 Å². The van der Waals surface area contributed by atoms with E-state index in [2.05, 4.69) is 20.4 Å². The lowest BCUT2D eigenvalue weighted by Gasteiger charge is -2.24. The van der Waals surface area contributed by atoms with Gasteiger partial charge in [0.1, 0.15) is 24.4 Å². The summed E-state index contributed by atoms with van der Waals surface area (Å²) < 4.78 is 130. The molecule has 16 nitrogen and oxygen atoms in total. The first kappa shape index (κ1) is 51.2. The van der Waals surface area contributed by atoms with Crippen molar-refractivity contribution in [2.75, 3.05) is 41.7 Å². The van der Waals surface area contributed by atoms with Crippen molar-refractivity contribution in [1.82, 2.24) is 29.5 Å². The molecule has 0 unspecified atom stereocenters. The molecule has 0 spiro atoms. The van der Waals surface area contributed by atoms with Crippen molar-refractivity contribution in [3.05, 3.63) is 128 Å². The normalized spacial score (nSPS) is 17.2. The molecule has 0 radical (unpaired) electrons. The summed E-state index contributed by atoms with van der Waals surface area (Å²) in [6.07, 6.45) is -14.9. The van der Waals surface area contributed by atoms with Crippen LogP contribution in [0.4, 0.5) is 26.3 Å². The molecule has 0 amide bonds. The van der Waals surface area contributed by atoms with Gasteiger partial charge >= 0.3 is 24.3 Å². The van der Waals surface area contributed by atoms with Crippen LogP contribution in [0.1, 0.15) is 96.7 Å². The van der Waals surface area contributed by atoms with Crippen LogP contribution in [0.15, 0.2) is 72.8 Å². The lowest BCUT2D eigenvalue weighted by Crippen LogP contribution is -2.18. The van der Waals surface area contributed by atoms with E-state index in [1.54, 1.807) is 50.2 Å². The smallest absolute Gasteiger partial charge is 0.452 e. The maximum atomic E-state index is 13.9. The van der Waals surface area contributed by atoms with Crippen molar-refractivity contribution < 1.29 is 73.8 Å². The summed E-state index contributed by atoms with van der Waals surface area (Å²) in [6.45, 7) is 3.43. The van der Waals surface area contributed by atoms with Crippen LogP contribution < -0.4 is 18.9 Å². The number of aromatic nitrogens is 6. The van der Waals surface area contributed by atoms with Crippen molar-refractivity contribution in [2.45, 2.75) is 63.5 Å². The molecule has 0 saturated carbocycles. The number of halogens is 8. The Labute approximate surface area is 405 Å². The number of hydrogen-bond donors (Lipinski definition) is 0. The number of nitrogens with zero attached hydrogens (tertiary/aromatic N) is 6. The van der Waals surface area contributed by atoms with Crippen LogP contribution in [0.5, 0.6) is 23.0 Å². The second kappa shape index (κ2) is 21.2. The van der Waals surface area contributed by atoms with Crippen molar-refractivity contribution in [2.24, 2.45) is 0 Å². The number of carbonyl (C=O) groups is 2. The molecule has 0 saturated heterocycles. The first-order valence-corrected chi connectivity index (χ1v) is 21.8. The number of alkyl halides is 6. The van der Waals surface area contributed by atoms with Gasteiger partial charge in [-0.25, -0.2) is 0 Å². The molecular weight excluding hydrogens is 981 g/mol. The molecule has 2 aromatic heterocycles. The van der Waals surface area contributed by atoms with Gasteiger partial charge in [-0.3, -0.25) is 18.7 Å². The van der Waals surface area contributed by atoms with E-state index in [4.69, 9.17) is 61.1 Å². The zero-order valence-corrected chi connectivity index (χ0v) is 39.4. The van der Waals surface area contributed by atoms with Gasteiger partial charge in [0.05, 0.1) is 65.9 Å². The number of rotatable bonds is 12. The quantitative estimate of drug-likeness (QED) is 0.0838.